The molecule has 0 amide bonds. The summed E-state index contributed by atoms with van der Waals surface area (Å²) in [6, 6.07) is 4.57. The highest BCUT2D eigenvalue weighted by atomic mass is 15.2. The van der Waals surface area contributed by atoms with E-state index in [1.165, 1.54) is 5.70 Å². The van der Waals surface area contributed by atoms with Gasteiger partial charge in [0.05, 0.1) is 23.3 Å². The Labute approximate surface area is 196 Å². The molecule has 0 aromatic carbocycles. The molecule has 2 aromatic heterocycles. The van der Waals surface area contributed by atoms with E-state index in [0.29, 0.717) is 12.6 Å². The van der Waals surface area contributed by atoms with Gasteiger partial charge in [0, 0.05) is 73.7 Å². The van der Waals surface area contributed by atoms with Gasteiger partial charge in [-0.05, 0) is 51.5 Å². The summed E-state index contributed by atoms with van der Waals surface area (Å²) < 4.78 is 0. The zero-order valence-electron chi connectivity index (χ0n) is 20.1. The van der Waals surface area contributed by atoms with E-state index in [1.807, 2.05) is 30.9 Å². The standard InChI is InChI=1S/C26H33N7/c1-6-28-15-19(14-27-5)20-8-11-30-26-25(20)21(9-12-31-26)22-13-24-23(16-32-22)29-10-7-18(4)33(24)17(2)3/h7-9,11,13-17,28-29H,6,10,12H2,1-5H3,(H,30,31)/b19-15+,27-14?. The lowest BCUT2D eigenvalue weighted by atomic mass is 9.91. The second-order valence-electron chi connectivity index (χ2n) is 8.40. The van der Waals surface area contributed by atoms with Gasteiger partial charge in [0.1, 0.15) is 5.82 Å². The van der Waals surface area contributed by atoms with Crippen LogP contribution in [0.5, 0.6) is 0 Å². The van der Waals surface area contributed by atoms with E-state index in [4.69, 9.17) is 4.98 Å². The van der Waals surface area contributed by atoms with Gasteiger partial charge in [-0.3, -0.25) is 9.98 Å². The van der Waals surface area contributed by atoms with Crippen LogP contribution in [-0.4, -0.2) is 48.9 Å². The topological polar surface area (TPSA) is 77.5 Å². The molecule has 172 valence electrons. The van der Waals surface area contributed by atoms with E-state index in [1.54, 1.807) is 7.05 Å². The molecule has 0 bridgehead atoms. The molecule has 0 saturated heterocycles. The van der Waals surface area contributed by atoms with Crippen molar-refractivity contribution in [3.63, 3.8) is 0 Å². The second-order valence-corrected chi connectivity index (χ2v) is 8.40. The van der Waals surface area contributed by atoms with E-state index in [9.17, 15) is 0 Å². The van der Waals surface area contributed by atoms with Crippen LogP contribution in [0.4, 0.5) is 17.2 Å². The molecule has 7 nitrogen and oxygen atoms in total. The normalized spacial score (nSPS) is 15.8. The van der Waals surface area contributed by atoms with Crippen molar-refractivity contribution in [1.82, 2.24) is 15.3 Å². The first-order valence-corrected chi connectivity index (χ1v) is 11.5. The van der Waals surface area contributed by atoms with Crippen LogP contribution in [0.15, 0.2) is 53.6 Å². The number of anilines is 3. The van der Waals surface area contributed by atoms with Crippen molar-refractivity contribution in [3.05, 3.63) is 65.4 Å². The predicted molar refractivity (Wildman–Crippen MR) is 140 cm³/mol. The first-order chi connectivity index (χ1) is 16.0. The largest absolute Gasteiger partial charge is 0.391 e. The highest BCUT2D eigenvalue weighted by Crippen LogP contribution is 2.39. The molecule has 0 aliphatic carbocycles. The lowest BCUT2D eigenvalue weighted by Gasteiger charge is -2.30. The monoisotopic (exact) mass is 443 g/mol. The molecule has 2 aliphatic heterocycles. The van der Waals surface area contributed by atoms with Crippen LogP contribution in [0.3, 0.4) is 0 Å². The maximum atomic E-state index is 4.88. The van der Waals surface area contributed by atoms with Crippen molar-refractivity contribution in [3.8, 4) is 0 Å². The first-order valence-electron chi connectivity index (χ1n) is 11.5. The van der Waals surface area contributed by atoms with E-state index >= 15 is 0 Å². The predicted octanol–water partition coefficient (Wildman–Crippen LogP) is 4.53. The molecule has 3 N–H and O–H groups in total. The molecule has 7 heteroatoms. The molecule has 0 fully saturated rings. The molecular formula is C26H33N7. The fourth-order valence-electron chi connectivity index (χ4n) is 4.44. The Balaban J connectivity index is 1.86. The van der Waals surface area contributed by atoms with E-state index < -0.39 is 0 Å². The third kappa shape index (κ3) is 4.49. The third-order valence-electron chi connectivity index (χ3n) is 5.84. The van der Waals surface area contributed by atoms with Gasteiger partial charge in [0.15, 0.2) is 0 Å². The number of pyridine rings is 2. The molecule has 0 unspecified atom stereocenters. The summed E-state index contributed by atoms with van der Waals surface area (Å²) in [5.41, 5.74) is 8.57. The van der Waals surface area contributed by atoms with Crippen LogP contribution in [-0.2, 0) is 0 Å². The number of nitrogens with zero attached hydrogens (tertiary/aromatic N) is 4. The lowest BCUT2D eigenvalue weighted by Crippen LogP contribution is -2.28. The number of aliphatic imine (C=N–C) groups is 1. The van der Waals surface area contributed by atoms with E-state index in [2.05, 4.69) is 76.7 Å². The smallest absolute Gasteiger partial charge is 0.134 e. The summed E-state index contributed by atoms with van der Waals surface area (Å²) in [6.07, 6.45) is 12.1. The minimum Gasteiger partial charge on any atom is -0.391 e. The Bertz CT molecular complexity index is 1140. The van der Waals surface area contributed by atoms with Crippen molar-refractivity contribution in [2.45, 2.75) is 33.7 Å². The quantitative estimate of drug-likeness (QED) is 0.570. The van der Waals surface area contributed by atoms with Gasteiger partial charge in [0.25, 0.3) is 0 Å². The number of hydrogen-bond donors (Lipinski definition) is 3. The number of nitrogens with one attached hydrogen (secondary N) is 3. The number of fused-ring (bicyclic) bond motifs is 2. The molecular weight excluding hydrogens is 410 g/mol. The zero-order valence-corrected chi connectivity index (χ0v) is 20.1. The number of aromatic nitrogens is 2. The number of hydrogen-bond acceptors (Lipinski definition) is 7. The van der Waals surface area contributed by atoms with Crippen molar-refractivity contribution < 1.29 is 0 Å². The summed E-state index contributed by atoms with van der Waals surface area (Å²) in [5.74, 6) is 0.864. The SMILES string of the molecule is CCN/C=C(\C=NC)c1ccnc2c1C(c1cc3c(cn1)NCC=C(C)N3C(C)C)=CCN2. The summed E-state index contributed by atoms with van der Waals surface area (Å²) in [7, 11) is 1.79. The molecule has 4 rings (SSSR count). The average molecular weight is 444 g/mol. The minimum absolute atomic E-state index is 0.331. The van der Waals surface area contributed by atoms with Crippen molar-refractivity contribution in [1.29, 1.82) is 0 Å². The molecule has 0 radical (unpaired) electrons. The van der Waals surface area contributed by atoms with Gasteiger partial charge in [-0.2, -0.15) is 0 Å². The van der Waals surface area contributed by atoms with Gasteiger partial charge in [-0.25, -0.2) is 4.98 Å². The highest BCUT2D eigenvalue weighted by molar-refractivity contribution is 6.12. The Kier molecular flexibility index (Phi) is 6.77. The van der Waals surface area contributed by atoms with Gasteiger partial charge in [-0.1, -0.05) is 6.08 Å². The van der Waals surface area contributed by atoms with Crippen LogP contribution >= 0.6 is 0 Å². The number of allylic oxidation sites excluding steroid dienone is 2. The van der Waals surface area contributed by atoms with Gasteiger partial charge in [0.2, 0.25) is 0 Å². The van der Waals surface area contributed by atoms with Crippen molar-refractivity contribution >= 4 is 34.6 Å². The van der Waals surface area contributed by atoms with Gasteiger partial charge in [-0.15, -0.1) is 0 Å². The van der Waals surface area contributed by atoms with Crippen molar-refractivity contribution in [2.24, 2.45) is 4.99 Å². The zero-order chi connectivity index (χ0) is 23.4. The lowest BCUT2D eigenvalue weighted by molar-refractivity contribution is 0.754. The summed E-state index contributed by atoms with van der Waals surface area (Å²) in [6.45, 7) is 11.0. The maximum Gasteiger partial charge on any atom is 0.134 e. The number of rotatable bonds is 6. The Hall–Kier alpha value is -3.61. The first kappa shape index (κ1) is 22.6. The molecule has 0 spiro atoms. The van der Waals surface area contributed by atoms with Crippen LogP contribution < -0.4 is 20.9 Å². The maximum absolute atomic E-state index is 4.88. The molecule has 2 aliphatic rings. The summed E-state index contributed by atoms with van der Waals surface area (Å²) in [4.78, 5) is 16.2. The van der Waals surface area contributed by atoms with Crippen molar-refractivity contribution in [2.75, 3.05) is 42.2 Å². The summed E-state index contributed by atoms with van der Waals surface area (Å²) in [5, 5.41) is 10.2. The van der Waals surface area contributed by atoms with Gasteiger partial charge >= 0.3 is 0 Å². The molecule has 0 atom stereocenters. The second kappa shape index (κ2) is 9.90. The molecule has 2 aromatic rings. The van der Waals surface area contributed by atoms with E-state index in [-0.39, 0.29) is 0 Å². The fourth-order valence-corrected chi connectivity index (χ4v) is 4.44. The van der Waals surface area contributed by atoms with Crippen LogP contribution in [0.2, 0.25) is 0 Å². The molecule has 33 heavy (non-hydrogen) atoms. The Morgan fingerprint density at radius 2 is 2.06 bits per heavy atom. The molecule has 4 heterocycles. The fraction of sp³-hybridized carbons (Fsp3) is 0.346. The molecule has 0 saturated carbocycles. The summed E-state index contributed by atoms with van der Waals surface area (Å²) >= 11 is 0. The van der Waals surface area contributed by atoms with Crippen LogP contribution in [0.1, 0.15) is 44.5 Å². The Morgan fingerprint density at radius 3 is 2.82 bits per heavy atom. The van der Waals surface area contributed by atoms with Gasteiger partial charge < -0.3 is 20.9 Å². The highest BCUT2D eigenvalue weighted by Gasteiger charge is 2.25. The minimum atomic E-state index is 0.331. The Morgan fingerprint density at radius 1 is 1.24 bits per heavy atom. The van der Waals surface area contributed by atoms with Crippen LogP contribution in [0.25, 0.3) is 11.1 Å². The van der Waals surface area contributed by atoms with Crippen LogP contribution in [0, 0.1) is 0 Å². The third-order valence-corrected chi connectivity index (χ3v) is 5.84. The average Bonchev–Trinajstić information content (AvgIpc) is 2.98. The van der Waals surface area contributed by atoms with E-state index in [0.717, 1.165) is 58.2 Å².